The van der Waals surface area contributed by atoms with Gasteiger partial charge in [0.25, 0.3) is 0 Å². The zero-order valence-electron chi connectivity index (χ0n) is 12.5. The lowest BCUT2D eigenvalue weighted by atomic mass is 9.90. The summed E-state index contributed by atoms with van der Waals surface area (Å²) >= 11 is 0. The van der Waals surface area contributed by atoms with Gasteiger partial charge in [0, 0.05) is 18.3 Å². The molecule has 0 aliphatic carbocycles. The van der Waals surface area contributed by atoms with Gasteiger partial charge in [-0.25, -0.2) is 0 Å². The molecule has 4 heteroatoms. The molecule has 2 aliphatic heterocycles. The van der Waals surface area contributed by atoms with Crippen LogP contribution in [0.4, 0.5) is 5.69 Å². The Hall–Kier alpha value is -1.39. The Kier molecular flexibility index (Phi) is 3.30. The molecule has 108 valence electrons. The fraction of sp³-hybridized carbons (Fsp3) is 0.562. The fourth-order valence-corrected chi connectivity index (χ4v) is 3.69. The number of amides is 1. The van der Waals surface area contributed by atoms with Crippen LogP contribution in [0.1, 0.15) is 34.7 Å². The van der Waals surface area contributed by atoms with Crippen LogP contribution < -0.4 is 11.1 Å². The Morgan fingerprint density at radius 1 is 1.45 bits per heavy atom. The van der Waals surface area contributed by atoms with E-state index in [0.29, 0.717) is 18.4 Å². The van der Waals surface area contributed by atoms with Crippen molar-refractivity contribution < 1.29 is 4.79 Å². The van der Waals surface area contributed by atoms with Crippen LogP contribution in [0.15, 0.2) is 6.07 Å². The van der Waals surface area contributed by atoms with Crippen LogP contribution in [0.5, 0.6) is 0 Å². The van der Waals surface area contributed by atoms with Gasteiger partial charge in [0.15, 0.2) is 0 Å². The van der Waals surface area contributed by atoms with Crippen molar-refractivity contribution in [2.45, 2.75) is 32.7 Å². The summed E-state index contributed by atoms with van der Waals surface area (Å²) in [4.78, 5) is 14.1. The maximum Gasteiger partial charge on any atom is 0.228 e. The van der Waals surface area contributed by atoms with Gasteiger partial charge in [0.1, 0.15) is 0 Å². The number of aryl methyl sites for hydroxylation is 1. The van der Waals surface area contributed by atoms with E-state index in [9.17, 15) is 4.79 Å². The van der Waals surface area contributed by atoms with Crippen LogP contribution in [-0.2, 0) is 11.2 Å². The molecule has 2 atom stereocenters. The first-order chi connectivity index (χ1) is 9.51. The number of anilines is 1. The Morgan fingerprint density at radius 3 is 2.85 bits per heavy atom. The average Bonchev–Trinajstić information content (AvgIpc) is 2.94. The second-order valence-corrected chi connectivity index (χ2v) is 6.28. The standard InChI is InChI=1S/C16H23N3O/c1-9-4-12-6-14(20)18-16(12)15(10(9)2)13-5-11(7-17)8-19(13)3/h4,11,13H,5-8,17H2,1-3H3,(H,18,20). The van der Waals surface area contributed by atoms with Gasteiger partial charge in [0.2, 0.25) is 5.91 Å². The van der Waals surface area contributed by atoms with E-state index in [-0.39, 0.29) is 5.91 Å². The molecule has 0 bridgehead atoms. The van der Waals surface area contributed by atoms with Gasteiger partial charge in [-0.15, -0.1) is 0 Å². The quantitative estimate of drug-likeness (QED) is 0.863. The van der Waals surface area contributed by atoms with Crippen molar-refractivity contribution in [1.82, 2.24) is 4.90 Å². The summed E-state index contributed by atoms with van der Waals surface area (Å²) in [6, 6.07) is 2.53. The number of nitrogens with one attached hydrogen (secondary N) is 1. The number of fused-ring (bicyclic) bond motifs is 1. The largest absolute Gasteiger partial charge is 0.330 e. The van der Waals surface area contributed by atoms with Crippen molar-refractivity contribution in [3.05, 3.63) is 28.3 Å². The van der Waals surface area contributed by atoms with Crippen molar-refractivity contribution >= 4 is 11.6 Å². The minimum absolute atomic E-state index is 0.113. The highest BCUT2D eigenvalue weighted by molar-refractivity contribution is 6.00. The van der Waals surface area contributed by atoms with E-state index in [1.54, 1.807) is 0 Å². The molecule has 3 N–H and O–H groups in total. The second-order valence-electron chi connectivity index (χ2n) is 6.28. The number of rotatable bonds is 2. The van der Waals surface area contributed by atoms with Gasteiger partial charge in [-0.05, 0) is 62.0 Å². The molecule has 1 amide bonds. The third kappa shape index (κ3) is 2.03. The zero-order valence-corrected chi connectivity index (χ0v) is 12.5. The molecule has 2 heterocycles. The summed E-state index contributed by atoms with van der Waals surface area (Å²) in [6.07, 6.45) is 1.60. The molecule has 0 saturated carbocycles. The number of hydrogen-bond donors (Lipinski definition) is 2. The summed E-state index contributed by atoms with van der Waals surface area (Å²) in [6.45, 7) is 6.08. The maximum absolute atomic E-state index is 11.7. The predicted molar refractivity (Wildman–Crippen MR) is 80.8 cm³/mol. The minimum Gasteiger partial charge on any atom is -0.330 e. The highest BCUT2D eigenvalue weighted by atomic mass is 16.1. The monoisotopic (exact) mass is 273 g/mol. The van der Waals surface area contributed by atoms with Gasteiger partial charge in [-0.1, -0.05) is 6.07 Å². The van der Waals surface area contributed by atoms with E-state index in [4.69, 9.17) is 5.73 Å². The van der Waals surface area contributed by atoms with E-state index in [0.717, 1.165) is 30.8 Å². The molecular formula is C16H23N3O. The van der Waals surface area contributed by atoms with Crippen molar-refractivity contribution in [2.24, 2.45) is 11.7 Å². The van der Waals surface area contributed by atoms with Crippen molar-refractivity contribution in [1.29, 1.82) is 0 Å². The molecule has 0 spiro atoms. The first-order valence-corrected chi connectivity index (χ1v) is 7.34. The molecule has 4 nitrogen and oxygen atoms in total. The SMILES string of the molecule is Cc1cc2c(c(C3CC(CN)CN3C)c1C)NC(=O)C2. The summed E-state index contributed by atoms with van der Waals surface area (Å²) in [7, 11) is 2.16. The molecule has 1 aromatic carbocycles. The molecule has 1 aromatic rings. The molecular weight excluding hydrogens is 250 g/mol. The number of carbonyl (C=O) groups excluding carboxylic acids is 1. The van der Waals surface area contributed by atoms with Crippen LogP contribution in [0.3, 0.4) is 0 Å². The highest BCUT2D eigenvalue weighted by Gasteiger charge is 2.35. The number of carbonyl (C=O) groups is 1. The zero-order chi connectivity index (χ0) is 14.4. The van der Waals surface area contributed by atoms with Gasteiger partial charge < -0.3 is 11.1 Å². The van der Waals surface area contributed by atoms with Crippen molar-refractivity contribution in [3.8, 4) is 0 Å². The number of benzene rings is 1. The number of hydrogen-bond acceptors (Lipinski definition) is 3. The summed E-state index contributed by atoms with van der Waals surface area (Å²) < 4.78 is 0. The molecule has 0 radical (unpaired) electrons. The molecule has 1 fully saturated rings. The van der Waals surface area contributed by atoms with Crippen LogP contribution in [0.2, 0.25) is 0 Å². The van der Waals surface area contributed by atoms with E-state index < -0.39 is 0 Å². The van der Waals surface area contributed by atoms with Crippen LogP contribution in [-0.4, -0.2) is 30.9 Å². The summed E-state index contributed by atoms with van der Waals surface area (Å²) in [5.41, 5.74) is 11.9. The van der Waals surface area contributed by atoms with Gasteiger partial charge >= 0.3 is 0 Å². The molecule has 20 heavy (non-hydrogen) atoms. The van der Waals surface area contributed by atoms with E-state index in [2.05, 4.69) is 37.2 Å². The molecule has 2 aliphatic rings. The fourth-order valence-electron chi connectivity index (χ4n) is 3.69. The summed E-state index contributed by atoms with van der Waals surface area (Å²) in [5, 5.41) is 3.07. The Bertz CT molecular complexity index is 567. The van der Waals surface area contributed by atoms with Crippen LogP contribution in [0, 0.1) is 19.8 Å². The average molecular weight is 273 g/mol. The normalized spacial score (nSPS) is 25.9. The van der Waals surface area contributed by atoms with Gasteiger partial charge in [0.05, 0.1) is 6.42 Å². The molecule has 1 saturated heterocycles. The van der Waals surface area contributed by atoms with Crippen LogP contribution in [0.25, 0.3) is 0 Å². The Morgan fingerprint density at radius 2 is 2.20 bits per heavy atom. The van der Waals surface area contributed by atoms with E-state index in [1.807, 2.05) is 0 Å². The van der Waals surface area contributed by atoms with Crippen LogP contribution >= 0.6 is 0 Å². The molecule has 3 rings (SSSR count). The predicted octanol–water partition coefficient (Wildman–Crippen LogP) is 1.75. The van der Waals surface area contributed by atoms with Gasteiger partial charge in [-0.2, -0.15) is 0 Å². The highest BCUT2D eigenvalue weighted by Crippen LogP contribution is 2.43. The lowest BCUT2D eigenvalue weighted by molar-refractivity contribution is -0.115. The first kappa shape index (κ1) is 13.6. The topological polar surface area (TPSA) is 58.4 Å². The Balaban J connectivity index is 2.08. The smallest absolute Gasteiger partial charge is 0.228 e. The second kappa shape index (κ2) is 4.86. The first-order valence-electron chi connectivity index (χ1n) is 7.34. The van der Waals surface area contributed by atoms with E-state index >= 15 is 0 Å². The molecule has 2 unspecified atom stereocenters. The lowest BCUT2D eigenvalue weighted by Crippen LogP contribution is -2.21. The van der Waals surface area contributed by atoms with Crippen molar-refractivity contribution in [2.75, 3.05) is 25.5 Å². The number of nitrogens with zero attached hydrogens (tertiary/aromatic N) is 1. The number of nitrogens with two attached hydrogens (primary N) is 1. The maximum atomic E-state index is 11.7. The minimum atomic E-state index is 0.113. The van der Waals surface area contributed by atoms with E-state index in [1.165, 1.54) is 16.7 Å². The van der Waals surface area contributed by atoms with Gasteiger partial charge in [-0.3, -0.25) is 9.69 Å². The third-order valence-electron chi connectivity index (χ3n) is 4.89. The lowest BCUT2D eigenvalue weighted by Gasteiger charge is -2.25. The number of likely N-dealkylation sites (tertiary alicyclic amines) is 1. The Labute approximate surface area is 120 Å². The summed E-state index contributed by atoms with van der Waals surface area (Å²) in [5.74, 6) is 0.667. The molecule has 0 aromatic heterocycles. The van der Waals surface area contributed by atoms with Crippen molar-refractivity contribution in [3.63, 3.8) is 0 Å². The third-order valence-corrected chi connectivity index (χ3v) is 4.89.